The van der Waals surface area contributed by atoms with Crippen molar-refractivity contribution in [3.8, 4) is 0 Å². The van der Waals surface area contributed by atoms with Crippen LogP contribution < -0.4 is 5.32 Å². The maximum absolute atomic E-state index is 5.96. The normalized spacial score (nSPS) is 16.6. The van der Waals surface area contributed by atoms with Crippen LogP contribution in [0, 0.1) is 13.8 Å². The van der Waals surface area contributed by atoms with Gasteiger partial charge < -0.3 is 10.1 Å². The molecular weight excluding hydrogens is 234 g/mol. The summed E-state index contributed by atoms with van der Waals surface area (Å²) < 4.78 is 5.96. The minimum absolute atomic E-state index is 0. The van der Waals surface area contributed by atoms with Gasteiger partial charge in [-0.05, 0) is 50.9 Å². The van der Waals surface area contributed by atoms with Gasteiger partial charge in [0.25, 0.3) is 0 Å². The van der Waals surface area contributed by atoms with E-state index >= 15 is 0 Å². The monoisotopic (exact) mass is 255 g/mol. The molecule has 1 aliphatic rings. The molecule has 0 aliphatic carbocycles. The molecule has 0 unspecified atom stereocenters. The second-order valence-electron chi connectivity index (χ2n) is 4.69. The summed E-state index contributed by atoms with van der Waals surface area (Å²) in [7, 11) is 0. The van der Waals surface area contributed by atoms with Crippen LogP contribution in [-0.4, -0.2) is 19.2 Å². The minimum atomic E-state index is 0. The smallest absolute Gasteiger partial charge is 0.0723 e. The van der Waals surface area contributed by atoms with E-state index in [1.54, 1.807) is 0 Å². The number of rotatable bonds is 3. The topological polar surface area (TPSA) is 21.3 Å². The summed E-state index contributed by atoms with van der Waals surface area (Å²) in [4.78, 5) is 0. The molecule has 2 nitrogen and oxygen atoms in total. The quantitative estimate of drug-likeness (QED) is 0.897. The van der Waals surface area contributed by atoms with Gasteiger partial charge >= 0.3 is 0 Å². The van der Waals surface area contributed by atoms with E-state index in [1.807, 2.05) is 0 Å². The average Bonchev–Trinajstić information content (AvgIpc) is 2.32. The molecule has 1 aromatic rings. The van der Waals surface area contributed by atoms with Crippen LogP contribution in [0.4, 0.5) is 0 Å². The average molecular weight is 256 g/mol. The zero-order valence-electron chi connectivity index (χ0n) is 10.7. The molecule has 0 spiro atoms. The first-order valence-electron chi connectivity index (χ1n) is 6.14. The van der Waals surface area contributed by atoms with Gasteiger partial charge in [0, 0.05) is 0 Å². The molecule has 1 fully saturated rings. The highest BCUT2D eigenvalue weighted by molar-refractivity contribution is 5.85. The lowest BCUT2D eigenvalue weighted by atomic mass is 10.1. The Kier molecular flexibility index (Phi) is 5.96. The summed E-state index contributed by atoms with van der Waals surface area (Å²) in [5, 5.41) is 3.35. The van der Waals surface area contributed by atoms with Crippen LogP contribution in [0.25, 0.3) is 0 Å². The predicted molar refractivity (Wildman–Crippen MR) is 73.8 cm³/mol. The van der Waals surface area contributed by atoms with Crippen LogP contribution in [0.1, 0.15) is 29.5 Å². The molecule has 1 N–H and O–H groups in total. The van der Waals surface area contributed by atoms with Crippen molar-refractivity contribution in [1.82, 2.24) is 5.32 Å². The van der Waals surface area contributed by atoms with Gasteiger partial charge in [-0.15, -0.1) is 12.4 Å². The highest BCUT2D eigenvalue weighted by atomic mass is 35.5. The summed E-state index contributed by atoms with van der Waals surface area (Å²) in [5.41, 5.74) is 3.98. The third-order valence-electron chi connectivity index (χ3n) is 3.27. The lowest BCUT2D eigenvalue weighted by molar-refractivity contribution is 0.0210. The maximum atomic E-state index is 5.96. The zero-order chi connectivity index (χ0) is 11.4. The highest BCUT2D eigenvalue weighted by Crippen LogP contribution is 2.15. The number of ether oxygens (including phenoxy) is 1. The van der Waals surface area contributed by atoms with Crippen LogP contribution in [0.2, 0.25) is 0 Å². The minimum Gasteiger partial charge on any atom is -0.373 e. The predicted octanol–water partition coefficient (Wildman–Crippen LogP) is 2.99. The van der Waals surface area contributed by atoms with E-state index in [9.17, 15) is 0 Å². The van der Waals surface area contributed by atoms with Crippen LogP contribution in [-0.2, 0) is 11.3 Å². The fourth-order valence-electron chi connectivity index (χ4n) is 2.13. The van der Waals surface area contributed by atoms with Gasteiger partial charge in [0.2, 0.25) is 0 Å². The molecule has 0 bridgehead atoms. The van der Waals surface area contributed by atoms with E-state index in [2.05, 4.69) is 37.4 Å². The first-order valence-corrected chi connectivity index (χ1v) is 6.14. The molecule has 0 aromatic heterocycles. The van der Waals surface area contributed by atoms with Crippen LogP contribution >= 0.6 is 12.4 Å². The van der Waals surface area contributed by atoms with Gasteiger partial charge in [0.05, 0.1) is 12.7 Å². The fourth-order valence-corrected chi connectivity index (χ4v) is 2.13. The molecule has 0 amide bonds. The van der Waals surface area contributed by atoms with Crippen LogP contribution in [0.3, 0.4) is 0 Å². The lowest BCUT2D eigenvalue weighted by Crippen LogP contribution is -2.32. The molecule has 1 saturated heterocycles. The van der Waals surface area contributed by atoms with E-state index in [4.69, 9.17) is 4.74 Å². The van der Waals surface area contributed by atoms with Gasteiger partial charge in [0.1, 0.15) is 0 Å². The van der Waals surface area contributed by atoms with E-state index < -0.39 is 0 Å². The molecule has 3 heteroatoms. The van der Waals surface area contributed by atoms with Crippen LogP contribution in [0.5, 0.6) is 0 Å². The van der Waals surface area contributed by atoms with Crippen molar-refractivity contribution in [2.24, 2.45) is 0 Å². The van der Waals surface area contributed by atoms with Crippen LogP contribution in [0.15, 0.2) is 18.2 Å². The molecule has 0 saturated carbocycles. The number of nitrogens with one attached hydrogen (secondary N) is 1. The van der Waals surface area contributed by atoms with Crippen molar-refractivity contribution in [3.05, 3.63) is 34.9 Å². The Morgan fingerprint density at radius 1 is 1.24 bits per heavy atom. The van der Waals surface area contributed by atoms with Gasteiger partial charge in [-0.2, -0.15) is 0 Å². The first kappa shape index (κ1) is 14.5. The Hall–Kier alpha value is -0.570. The Balaban J connectivity index is 0.00000144. The van der Waals surface area contributed by atoms with Gasteiger partial charge in [-0.3, -0.25) is 0 Å². The Morgan fingerprint density at radius 3 is 2.65 bits per heavy atom. The van der Waals surface area contributed by atoms with Crippen molar-refractivity contribution in [1.29, 1.82) is 0 Å². The third-order valence-corrected chi connectivity index (χ3v) is 3.27. The molecule has 1 heterocycles. The molecule has 17 heavy (non-hydrogen) atoms. The van der Waals surface area contributed by atoms with Crippen molar-refractivity contribution < 1.29 is 4.74 Å². The molecule has 0 atom stereocenters. The maximum Gasteiger partial charge on any atom is 0.0723 e. The van der Waals surface area contributed by atoms with E-state index in [-0.39, 0.29) is 12.4 Å². The second-order valence-corrected chi connectivity index (χ2v) is 4.69. The molecule has 1 aliphatic heterocycles. The summed E-state index contributed by atoms with van der Waals surface area (Å²) in [6.07, 6.45) is 2.73. The molecule has 2 rings (SSSR count). The SMILES string of the molecule is Cc1ccc(C)c(COC2CCNCC2)c1.Cl. The van der Waals surface area contributed by atoms with Crippen molar-refractivity contribution in [3.63, 3.8) is 0 Å². The fraction of sp³-hybridized carbons (Fsp3) is 0.571. The van der Waals surface area contributed by atoms with Gasteiger partial charge in [0.15, 0.2) is 0 Å². The summed E-state index contributed by atoms with van der Waals surface area (Å²) in [6, 6.07) is 6.57. The standard InChI is InChI=1S/C14H21NO.ClH/c1-11-3-4-12(2)13(9-11)10-16-14-5-7-15-8-6-14;/h3-4,9,14-15H,5-8,10H2,1-2H3;1H. The Morgan fingerprint density at radius 2 is 1.94 bits per heavy atom. The first-order chi connectivity index (χ1) is 7.75. The van der Waals surface area contributed by atoms with Gasteiger partial charge in [-0.25, -0.2) is 0 Å². The lowest BCUT2D eigenvalue weighted by Gasteiger charge is -2.23. The number of piperidine rings is 1. The number of benzene rings is 1. The number of hydrogen-bond donors (Lipinski definition) is 1. The third kappa shape index (κ3) is 4.30. The Labute approximate surface area is 110 Å². The van der Waals surface area contributed by atoms with Gasteiger partial charge in [-0.1, -0.05) is 23.8 Å². The highest BCUT2D eigenvalue weighted by Gasteiger charge is 2.13. The van der Waals surface area contributed by atoms with Crippen molar-refractivity contribution >= 4 is 12.4 Å². The second kappa shape index (κ2) is 7.00. The summed E-state index contributed by atoms with van der Waals surface area (Å²) in [5.74, 6) is 0. The summed E-state index contributed by atoms with van der Waals surface area (Å²) >= 11 is 0. The van der Waals surface area contributed by atoms with E-state index in [0.717, 1.165) is 32.5 Å². The Bertz CT molecular complexity index is 348. The number of aryl methyl sites for hydroxylation is 2. The molecule has 96 valence electrons. The number of hydrogen-bond acceptors (Lipinski definition) is 2. The molecule has 0 radical (unpaired) electrons. The van der Waals surface area contributed by atoms with E-state index in [0.29, 0.717) is 6.10 Å². The molecule has 1 aromatic carbocycles. The van der Waals surface area contributed by atoms with Crippen molar-refractivity contribution in [2.75, 3.05) is 13.1 Å². The zero-order valence-corrected chi connectivity index (χ0v) is 11.5. The van der Waals surface area contributed by atoms with E-state index in [1.165, 1.54) is 16.7 Å². The largest absolute Gasteiger partial charge is 0.373 e. The molecular formula is C14H22ClNO. The van der Waals surface area contributed by atoms with Crippen molar-refractivity contribution in [2.45, 2.75) is 39.4 Å². The number of halogens is 1. The summed E-state index contributed by atoms with van der Waals surface area (Å²) in [6.45, 7) is 7.24.